The zero-order chi connectivity index (χ0) is 19.8. The summed E-state index contributed by atoms with van der Waals surface area (Å²) in [6, 6.07) is 10.7. The minimum absolute atomic E-state index is 0.204. The lowest BCUT2D eigenvalue weighted by Gasteiger charge is -2.35. The zero-order valence-corrected chi connectivity index (χ0v) is 17.0. The summed E-state index contributed by atoms with van der Waals surface area (Å²) in [5.74, 6) is 0.959. The molecule has 2 fully saturated rings. The van der Waals surface area contributed by atoms with Gasteiger partial charge in [0.05, 0.1) is 6.61 Å². The number of ether oxygens (including phenoxy) is 1. The van der Waals surface area contributed by atoms with E-state index in [2.05, 4.69) is 35.2 Å². The summed E-state index contributed by atoms with van der Waals surface area (Å²) in [4.78, 5) is 30.3. The molecule has 1 aromatic rings. The molecule has 0 aliphatic carbocycles. The molecule has 2 heterocycles. The van der Waals surface area contributed by atoms with Gasteiger partial charge in [0.1, 0.15) is 0 Å². The second-order valence-corrected chi connectivity index (χ2v) is 7.79. The number of likely N-dealkylation sites (tertiary alicyclic amines) is 1. The Bertz CT molecular complexity index is 621. The fraction of sp³-hybridized carbons (Fsp3) is 0.636. The van der Waals surface area contributed by atoms with Crippen molar-refractivity contribution in [1.82, 2.24) is 14.7 Å². The maximum absolute atomic E-state index is 12.5. The molecule has 2 aliphatic rings. The largest absolute Gasteiger partial charge is 0.450 e. The van der Waals surface area contributed by atoms with Crippen LogP contribution in [0.5, 0.6) is 0 Å². The van der Waals surface area contributed by atoms with Crippen LogP contribution in [0, 0.1) is 5.92 Å². The molecule has 0 unspecified atom stereocenters. The van der Waals surface area contributed by atoms with E-state index < -0.39 is 0 Å². The summed E-state index contributed by atoms with van der Waals surface area (Å²) in [6.07, 6.45) is 3.89. The quantitative estimate of drug-likeness (QED) is 0.753. The number of benzene rings is 1. The number of carbonyl (C=O) groups is 2. The van der Waals surface area contributed by atoms with Gasteiger partial charge in [-0.25, -0.2) is 4.79 Å². The number of rotatable bonds is 6. The minimum atomic E-state index is -0.270. The summed E-state index contributed by atoms with van der Waals surface area (Å²) >= 11 is 0. The van der Waals surface area contributed by atoms with E-state index in [0.29, 0.717) is 39.2 Å². The highest BCUT2D eigenvalue weighted by molar-refractivity contribution is 5.77. The highest BCUT2D eigenvalue weighted by atomic mass is 16.6. The lowest BCUT2D eigenvalue weighted by Crippen LogP contribution is -2.51. The number of hydrogen-bond acceptors (Lipinski definition) is 4. The van der Waals surface area contributed by atoms with E-state index in [-0.39, 0.29) is 12.0 Å². The summed E-state index contributed by atoms with van der Waals surface area (Å²) in [5, 5.41) is 0. The van der Waals surface area contributed by atoms with Crippen LogP contribution in [-0.4, -0.2) is 79.1 Å². The molecule has 154 valence electrons. The van der Waals surface area contributed by atoms with Gasteiger partial charge >= 0.3 is 6.09 Å². The molecule has 0 atom stereocenters. The molecule has 28 heavy (non-hydrogen) atoms. The molecule has 1 aromatic carbocycles. The number of piperidine rings is 1. The lowest BCUT2D eigenvalue weighted by molar-refractivity contribution is -0.133. The van der Waals surface area contributed by atoms with Crippen LogP contribution in [0.1, 0.15) is 31.7 Å². The number of nitrogens with zero attached hydrogens (tertiary/aromatic N) is 3. The van der Waals surface area contributed by atoms with Crippen molar-refractivity contribution in [1.29, 1.82) is 0 Å². The Morgan fingerprint density at radius 2 is 1.61 bits per heavy atom. The second-order valence-electron chi connectivity index (χ2n) is 7.79. The summed E-state index contributed by atoms with van der Waals surface area (Å²) in [5.41, 5.74) is 1.43. The number of carbonyl (C=O) groups excluding carboxylic acids is 2. The fourth-order valence-electron chi connectivity index (χ4n) is 4.13. The number of amides is 2. The van der Waals surface area contributed by atoms with Gasteiger partial charge in [0.15, 0.2) is 0 Å². The molecule has 0 aromatic heterocycles. The van der Waals surface area contributed by atoms with Crippen molar-refractivity contribution < 1.29 is 14.3 Å². The first-order valence-electron chi connectivity index (χ1n) is 10.6. The van der Waals surface area contributed by atoms with E-state index in [0.717, 1.165) is 25.6 Å². The van der Waals surface area contributed by atoms with Crippen LogP contribution in [0.15, 0.2) is 30.3 Å². The van der Waals surface area contributed by atoms with Crippen LogP contribution in [-0.2, 0) is 16.0 Å². The van der Waals surface area contributed by atoms with Gasteiger partial charge in [-0.3, -0.25) is 4.79 Å². The summed E-state index contributed by atoms with van der Waals surface area (Å²) < 4.78 is 5.03. The predicted molar refractivity (Wildman–Crippen MR) is 109 cm³/mol. The highest BCUT2D eigenvalue weighted by Gasteiger charge is 2.25. The van der Waals surface area contributed by atoms with Gasteiger partial charge in [0.2, 0.25) is 5.91 Å². The van der Waals surface area contributed by atoms with Crippen molar-refractivity contribution >= 4 is 12.0 Å². The minimum Gasteiger partial charge on any atom is -0.450 e. The van der Waals surface area contributed by atoms with E-state index >= 15 is 0 Å². The molecule has 0 radical (unpaired) electrons. The Hall–Kier alpha value is -2.08. The molecule has 0 bridgehead atoms. The Morgan fingerprint density at radius 1 is 0.964 bits per heavy atom. The molecule has 3 rings (SSSR count). The van der Waals surface area contributed by atoms with Crippen molar-refractivity contribution in [2.24, 2.45) is 5.92 Å². The Morgan fingerprint density at radius 3 is 2.25 bits per heavy atom. The Kier molecular flexibility index (Phi) is 7.71. The van der Waals surface area contributed by atoms with Gasteiger partial charge in [-0.1, -0.05) is 30.3 Å². The fourth-order valence-corrected chi connectivity index (χ4v) is 4.13. The first-order chi connectivity index (χ1) is 13.7. The first-order valence-corrected chi connectivity index (χ1v) is 10.6. The van der Waals surface area contributed by atoms with Crippen molar-refractivity contribution in [2.75, 3.05) is 52.4 Å². The van der Waals surface area contributed by atoms with Crippen molar-refractivity contribution in [2.45, 2.75) is 32.6 Å². The van der Waals surface area contributed by atoms with E-state index in [1.807, 2.05) is 11.8 Å². The molecule has 2 aliphatic heterocycles. The highest BCUT2D eigenvalue weighted by Crippen LogP contribution is 2.21. The van der Waals surface area contributed by atoms with Gasteiger partial charge < -0.3 is 19.4 Å². The average molecular weight is 388 g/mol. The zero-order valence-electron chi connectivity index (χ0n) is 17.0. The van der Waals surface area contributed by atoms with Crippen LogP contribution >= 0.6 is 0 Å². The molecule has 0 saturated carbocycles. The molecule has 6 heteroatoms. The normalized spacial score (nSPS) is 18.9. The van der Waals surface area contributed by atoms with Crippen LogP contribution in [0.2, 0.25) is 0 Å². The molecule has 0 N–H and O–H groups in total. The van der Waals surface area contributed by atoms with Crippen molar-refractivity contribution in [3.63, 3.8) is 0 Å². The third-order valence-corrected chi connectivity index (χ3v) is 5.87. The molecule has 6 nitrogen and oxygen atoms in total. The molecular weight excluding hydrogens is 354 g/mol. The predicted octanol–water partition coefficient (Wildman–Crippen LogP) is 2.63. The smallest absolute Gasteiger partial charge is 0.409 e. The third kappa shape index (κ3) is 5.96. The maximum Gasteiger partial charge on any atom is 0.409 e. The standard InChI is InChI=1S/C22H33N3O3/c1-2-28-22(27)25-16-14-24(15-17-25)21(26)10-13-23-11-8-20(9-12-23)18-19-6-4-3-5-7-19/h3-7,20H,2,8-18H2,1H3. The summed E-state index contributed by atoms with van der Waals surface area (Å²) in [7, 11) is 0. The third-order valence-electron chi connectivity index (χ3n) is 5.87. The Labute approximate surface area is 168 Å². The van der Waals surface area contributed by atoms with Crippen LogP contribution in [0.3, 0.4) is 0 Å². The second kappa shape index (κ2) is 10.5. The maximum atomic E-state index is 12.5. The van der Waals surface area contributed by atoms with Gasteiger partial charge in [-0.15, -0.1) is 0 Å². The van der Waals surface area contributed by atoms with E-state index in [4.69, 9.17) is 4.74 Å². The van der Waals surface area contributed by atoms with E-state index in [1.165, 1.54) is 24.8 Å². The molecule has 0 spiro atoms. The first kappa shape index (κ1) is 20.6. The van der Waals surface area contributed by atoms with Gasteiger partial charge in [0.25, 0.3) is 0 Å². The van der Waals surface area contributed by atoms with Crippen LogP contribution in [0.4, 0.5) is 4.79 Å². The average Bonchev–Trinajstić information content (AvgIpc) is 2.74. The van der Waals surface area contributed by atoms with Crippen LogP contribution in [0.25, 0.3) is 0 Å². The summed E-state index contributed by atoms with van der Waals surface area (Å²) in [6.45, 7) is 7.55. The monoisotopic (exact) mass is 387 g/mol. The van der Waals surface area contributed by atoms with Crippen LogP contribution < -0.4 is 0 Å². The topological polar surface area (TPSA) is 53.1 Å². The van der Waals surface area contributed by atoms with E-state index in [1.54, 1.807) is 4.90 Å². The molecule has 2 amide bonds. The SMILES string of the molecule is CCOC(=O)N1CCN(C(=O)CCN2CCC(Cc3ccccc3)CC2)CC1. The lowest BCUT2D eigenvalue weighted by atomic mass is 9.90. The van der Waals surface area contributed by atoms with Gasteiger partial charge in [-0.2, -0.15) is 0 Å². The molecule has 2 saturated heterocycles. The molecular formula is C22H33N3O3. The van der Waals surface area contributed by atoms with Gasteiger partial charge in [-0.05, 0) is 50.8 Å². The van der Waals surface area contributed by atoms with Crippen molar-refractivity contribution in [3.8, 4) is 0 Å². The number of piperazine rings is 1. The number of hydrogen-bond donors (Lipinski definition) is 0. The Balaban J connectivity index is 1.32. The van der Waals surface area contributed by atoms with Gasteiger partial charge in [0, 0.05) is 39.1 Å². The van der Waals surface area contributed by atoms with E-state index in [9.17, 15) is 9.59 Å². The van der Waals surface area contributed by atoms with Crippen molar-refractivity contribution in [3.05, 3.63) is 35.9 Å².